The number of nitrogens with zero attached hydrogens (tertiary/aromatic N) is 4. The molecule has 0 unspecified atom stereocenters. The molecular formula is C14H16N4OS. The van der Waals surface area contributed by atoms with E-state index in [9.17, 15) is 0 Å². The van der Waals surface area contributed by atoms with Crippen LogP contribution in [0.1, 0.15) is 19.3 Å². The minimum absolute atomic E-state index is 0.324. The third kappa shape index (κ3) is 2.68. The molecule has 3 rings (SSSR count). The van der Waals surface area contributed by atoms with Crippen LogP contribution in [0.5, 0.6) is 5.88 Å². The van der Waals surface area contributed by atoms with E-state index in [-0.39, 0.29) is 0 Å². The molecule has 0 amide bonds. The van der Waals surface area contributed by atoms with Gasteiger partial charge in [-0.1, -0.05) is 17.8 Å². The van der Waals surface area contributed by atoms with Gasteiger partial charge in [0.2, 0.25) is 5.88 Å². The van der Waals surface area contributed by atoms with Crippen molar-refractivity contribution in [2.45, 2.75) is 19.3 Å². The number of rotatable bonds is 5. The monoisotopic (exact) mass is 288 g/mol. The molecule has 6 heteroatoms. The molecule has 0 bridgehead atoms. The van der Waals surface area contributed by atoms with Crippen LogP contribution in [0.4, 0.5) is 5.13 Å². The van der Waals surface area contributed by atoms with Crippen LogP contribution >= 0.6 is 11.3 Å². The quantitative estimate of drug-likeness (QED) is 0.792. The third-order valence-corrected chi connectivity index (χ3v) is 4.62. The van der Waals surface area contributed by atoms with E-state index in [0.717, 1.165) is 22.1 Å². The van der Waals surface area contributed by atoms with E-state index >= 15 is 0 Å². The average molecular weight is 288 g/mol. The highest BCUT2D eigenvalue weighted by atomic mass is 32.1. The lowest BCUT2D eigenvalue weighted by atomic mass is 9.86. The summed E-state index contributed by atoms with van der Waals surface area (Å²) in [6.07, 6.45) is 3.86. The standard InChI is InChI=1S/C14H16N4OS/c1-18(8-7-15)14-16-11-5-6-12(17-13(11)20-14)19-9-10-3-2-4-10/h5-6,10H,2-4,8-9H2,1H3. The van der Waals surface area contributed by atoms with E-state index in [0.29, 0.717) is 18.3 Å². The first-order chi connectivity index (χ1) is 9.76. The van der Waals surface area contributed by atoms with E-state index in [1.807, 2.05) is 24.1 Å². The first kappa shape index (κ1) is 13.1. The Morgan fingerprint density at radius 1 is 1.45 bits per heavy atom. The molecular weight excluding hydrogens is 272 g/mol. The fourth-order valence-electron chi connectivity index (χ4n) is 2.07. The van der Waals surface area contributed by atoms with Gasteiger partial charge in [-0.25, -0.2) is 9.97 Å². The summed E-state index contributed by atoms with van der Waals surface area (Å²) in [4.78, 5) is 11.6. The lowest BCUT2D eigenvalue weighted by molar-refractivity contribution is 0.176. The van der Waals surface area contributed by atoms with E-state index in [4.69, 9.17) is 10.00 Å². The minimum atomic E-state index is 0.324. The summed E-state index contributed by atoms with van der Waals surface area (Å²) in [6.45, 7) is 1.09. The molecule has 0 spiro atoms. The highest BCUT2D eigenvalue weighted by Gasteiger charge is 2.18. The van der Waals surface area contributed by atoms with Gasteiger partial charge < -0.3 is 9.64 Å². The summed E-state index contributed by atoms with van der Waals surface area (Å²) in [5.74, 6) is 1.37. The molecule has 5 nitrogen and oxygen atoms in total. The molecule has 0 aliphatic heterocycles. The lowest BCUT2D eigenvalue weighted by Crippen LogP contribution is -2.19. The summed E-state index contributed by atoms with van der Waals surface area (Å²) in [7, 11) is 1.86. The van der Waals surface area contributed by atoms with Gasteiger partial charge in [-0.2, -0.15) is 5.26 Å². The lowest BCUT2D eigenvalue weighted by Gasteiger charge is -2.24. The fourth-order valence-corrected chi connectivity index (χ4v) is 2.96. The maximum Gasteiger partial charge on any atom is 0.214 e. The maximum absolute atomic E-state index is 8.72. The highest BCUT2D eigenvalue weighted by Crippen LogP contribution is 2.30. The molecule has 1 aliphatic carbocycles. The molecule has 0 radical (unpaired) electrons. The Morgan fingerprint density at radius 2 is 2.30 bits per heavy atom. The van der Waals surface area contributed by atoms with Crippen LogP contribution < -0.4 is 9.64 Å². The van der Waals surface area contributed by atoms with Crippen LogP contribution in [0.15, 0.2) is 12.1 Å². The normalized spacial score (nSPS) is 14.8. The molecule has 2 aromatic rings. The van der Waals surface area contributed by atoms with Gasteiger partial charge in [-0.15, -0.1) is 0 Å². The van der Waals surface area contributed by atoms with Gasteiger partial charge in [-0.05, 0) is 24.8 Å². The van der Waals surface area contributed by atoms with Crippen LogP contribution in [0, 0.1) is 17.2 Å². The first-order valence-corrected chi connectivity index (χ1v) is 7.56. The van der Waals surface area contributed by atoms with Crippen molar-refractivity contribution < 1.29 is 4.74 Å². The second-order valence-corrected chi connectivity index (χ2v) is 6.05. The van der Waals surface area contributed by atoms with Crippen molar-refractivity contribution in [2.75, 3.05) is 25.1 Å². The topological polar surface area (TPSA) is 62.0 Å². The molecule has 104 valence electrons. The minimum Gasteiger partial charge on any atom is -0.477 e. The molecule has 0 N–H and O–H groups in total. The molecule has 1 saturated carbocycles. The zero-order valence-electron chi connectivity index (χ0n) is 11.4. The van der Waals surface area contributed by atoms with E-state index in [1.54, 1.807) is 0 Å². The van der Waals surface area contributed by atoms with Gasteiger partial charge in [-0.3, -0.25) is 0 Å². The molecule has 1 aliphatic rings. The Morgan fingerprint density at radius 3 is 3.00 bits per heavy atom. The summed E-state index contributed by atoms with van der Waals surface area (Å²) < 4.78 is 5.74. The summed E-state index contributed by atoms with van der Waals surface area (Å²) in [6, 6.07) is 5.91. The second kappa shape index (κ2) is 5.63. The van der Waals surface area contributed by atoms with Crippen LogP contribution in [-0.2, 0) is 0 Å². The molecule has 0 saturated heterocycles. The Hall–Kier alpha value is -1.87. The number of nitriles is 1. The smallest absolute Gasteiger partial charge is 0.214 e. The van der Waals surface area contributed by atoms with E-state index in [2.05, 4.69) is 16.0 Å². The van der Waals surface area contributed by atoms with Gasteiger partial charge >= 0.3 is 0 Å². The van der Waals surface area contributed by atoms with Crippen LogP contribution in [0.25, 0.3) is 10.3 Å². The Kier molecular flexibility index (Phi) is 3.70. The predicted octanol–water partition coefficient (Wildman–Crippen LogP) is 2.83. The molecule has 20 heavy (non-hydrogen) atoms. The third-order valence-electron chi connectivity index (χ3n) is 3.54. The molecule has 0 atom stereocenters. The number of aromatic nitrogens is 2. The van der Waals surface area contributed by atoms with Gasteiger partial charge in [0.25, 0.3) is 0 Å². The predicted molar refractivity (Wildman–Crippen MR) is 79.1 cm³/mol. The second-order valence-electron chi connectivity index (χ2n) is 5.09. The Bertz CT molecular complexity index is 644. The SMILES string of the molecule is CN(CC#N)c1nc2ccc(OCC3CCC3)nc2s1. The van der Waals surface area contributed by atoms with Gasteiger partial charge in [0, 0.05) is 13.1 Å². The van der Waals surface area contributed by atoms with Crippen molar-refractivity contribution in [1.82, 2.24) is 9.97 Å². The fraction of sp³-hybridized carbons (Fsp3) is 0.500. The largest absolute Gasteiger partial charge is 0.477 e. The van der Waals surface area contributed by atoms with Crippen LogP contribution in [0.3, 0.4) is 0 Å². The zero-order valence-corrected chi connectivity index (χ0v) is 12.2. The van der Waals surface area contributed by atoms with Gasteiger partial charge in [0.15, 0.2) is 5.13 Å². The van der Waals surface area contributed by atoms with Crippen molar-refractivity contribution in [3.63, 3.8) is 0 Å². The highest BCUT2D eigenvalue weighted by molar-refractivity contribution is 7.21. The number of anilines is 1. The van der Waals surface area contributed by atoms with Gasteiger partial charge in [0.05, 0.1) is 12.7 Å². The number of ether oxygens (including phenoxy) is 1. The van der Waals surface area contributed by atoms with Crippen LogP contribution in [0.2, 0.25) is 0 Å². The van der Waals surface area contributed by atoms with Crippen molar-refractivity contribution in [3.05, 3.63) is 12.1 Å². The summed E-state index contributed by atoms with van der Waals surface area (Å²) in [5, 5.41) is 9.53. The van der Waals surface area contributed by atoms with Crippen molar-refractivity contribution in [3.8, 4) is 11.9 Å². The first-order valence-electron chi connectivity index (χ1n) is 6.75. The van der Waals surface area contributed by atoms with Gasteiger partial charge in [0.1, 0.15) is 16.9 Å². The molecule has 1 fully saturated rings. The molecule has 2 aromatic heterocycles. The number of fused-ring (bicyclic) bond motifs is 1. The molecule has 2 heterocycles. The average Bonchev–Trinajstić information content (AvgIpc) is 2.80. The van der Waals surface area contributed by atoms with Crippen molar-refractivity contribution in [1.29, 1.82) is 5.26 Å². The van der Waals surface area contributed by atoms with Crippen LogP contribution in [-0.4, -0.2) is 30.2 Å². The van der Waals surface area contributed by atoms with Crippen molar-refractivity contribution in [2.24, 2.45) is 5.92 Å². The summed E-state index contributed by atoms with van der Waals surface area (Å²) >= 11 is 1.49. The number of thiazole rings is 1. The Balaban J connectivity index is 1.74. The van der Waals surface area contributed by atoms with E-state index < -0.39 is 0 Å². The maximum atomic E-state index is 8.72. The Labute approximate surface area is 121 Å². The van der Waals surface area contributed by atoms with E-state index in [1.165, 1.54) is 30.6 Å². The van der Waals surface area contributed by atoms with Crippen molar-refractivity contribution >= 4 is 26.8 Å². The zero-order chi connectivity index (χ0) is 13.9. The summed E-state index contributed by atoms with van der Waals surface area (Å²) in [5.41, 5.74) is 0.853. The number of hydrogen-bond acceptors (Lipinski definition) is 6. The number of pyridine rings is 1. The number of hydrogen-bond donors (Lipinski definition) is 0. The molecule has 0 aromatic carbocycles.